The Hall–Kier alpha value is -3.90. The van der Waals surface area contributed by atoms with Gasteiger partial charge in [-0.05, 0) is 41.5 Å². The lowest BCUT2D eigenvalue weighted by Crippen LogP contribution is -2.20. The zero-order chi connectivity index (χ0) is 21.2. The summed E-state index contributed by atoms with van der Waals surface area (Å²) in [4.78, 5) is 17.1. The molecule has 5 rings (SSSR count). The maximum absolute atomic E-state index is 12.6. The third-order valence-electron chi connectivity index (χ3n) is 5.02. The first-order valence-electron chi connectivity index (χ1n) is 9.80. The second kappa shape index (κ2) is 8.08. The van der Waals surface area contributed by atoms with Gasteiger partial charge in [-0.1, -0.05) is 72.3 Å². The molecule has 0 radical (unpaired) electrons. The van der Waals surface area contributed by atoms with E-state index in [1.165, 1.54) is 0 Å². The Labute approximate surface area is 184 Å². The normalized spacial score (nSPS) is 14.9. The molecule has 1 aliphatic heterocycles. The SMILES string of the molecule is O=C(Nc1nc2n(n1)[C@H](c1ccccc1)C=C(c1ccccc1)N2)c1ccc(Cl)cc1. The lowest BCUT2D eigenvalue weighted by atomic mass is 10.0. The van der Waals surface area contributed by atoms with Crippen LogP contribution in [-0.2, 0) is 0 Å². The monoisotopic (exact) mass is 427 g/mol. The number of benzene rings is 3. The van der Waals surface area contributed by atoms with Gasteiger partial charge in [-0.15, -0.1) is 5.10 Å². The molecule has 31 heavy (non-hydrogen) atoms. The molecule has 0 bridgehead atoms. The average molecular weight is 428 g/mol. The highest BCUT2D eigenvalue weighted by atomic mass is 35.5. The van der Waals surface area contributed by atoms with Crippen molar-refractivity contribution in [2.45, 2.75) is 6.04 Å². The second-order valence-corrected chi connectivity index (χ2v) is 7.53. The van der Waals surface area contributed by atoms with Crippen LogP contribution in [0.15, 0.2) is 91.0 Å². The molecule has 7 heteroatoms. The van der Waals surface area contributed by atoms with Gasteiger partial charge in [-0.25, -0.2) is 4.68 Å². The van der Waals surface area contributed by atoms with Gasteiger partial charge < -0.3 is 5.32 Å². The maximum atomic E-state index is 12.6. The molecule has 6 nitrogen and oxygen atoms in total. The Balaban J connectivity index is 1.49. The second-order valence-electron chi connectivity index (χ2n) is 7.09. The molecular formula is C24H18ClN5O. The number of rotatable bonds is 4. The molecule has 0 unspecified atom stereocenters. The first-order valence-corrected chi connectivity index (χ1v) is 10.2. The van der Waals surface area contributed by atoms with Gasteiger partial charge in [0, 0.05) is 16.3 Å². The highest BCUT2D eigenvalue weighted by Gasteiger charge is 2.25. The first-order chi connectivity index (χ1) is 15.2. The summed E-state index contributed by atoms with van der Waals surface area (Å²) in [5.74, 6) is 0.486. The van der Waals surface area contributed by atoms with Crippen LogP contribution in [-0.4, -0.2) is 20.7 Å². The number of anilines is 2. The summed E-state index contributed by atoms with van der Waals surface area (Å²) in [7, 11) is 0. The number of aromatic nitrogens is 3. The highest BCUT2D eigenvalue weighted by molar-refractivity contribution is 6.30. The quantitative estimate of drug-likeness (QED) is 0.467. The summed E-state index contributed by atoms with van der Waals surface area (Å²) in [6.45, 7) is 0. The Morgan fingerprint density at radius 2 is 1.61 bits per heavy atom. The molecule has 0 saturated carbocycles. The summed E-state index contributed by atoms with van der Waals surface area (Å²) in [5, 5.41) is 11.2. The zero-order valence-corrected chi connectivity index (χ0v) is 17.1. The third-order valence-corrected chi connectivity index (χ3v) is 5.28. The van der Waals surface area contributed by atoms with Crippen molar-refractivity contribution >= 4 is 35.1 Å². The van der Waals surface area contributed by atoms with E-state index in [2.05, 4.69) is 26.8 Å². The molecule has 0 aliphatic carbocycles. The predicted octanol–water partition coefficient (Wildman–Crippen LogP) is 5.24. The molecule has 152 valence electrons. The van der Waals surface area contributed by atoms with Crippen molar-refractivity contribution in [3.8, 4) is 0 Å². The van der Waals surface area contributed by atoms with E-state index in [-0.39, 0.29) is 17.9 Å². The van der Waals surface area contributed by atoms with Crippen LogP contribution in [0.3, 0.4) is 0 Å². The van der Waals surface area contributed by atoms with Gasteiger partial charge >= 0.3 is 0 Å². The maximum Gasteiger partial charge on any atom is 0.258 e. The first kappa shape index (κ1) is 19.1. The van der Waals surface area contributed by atoms with Crippen LogP contribution in [0, 0.1) is 0 Å². The number of allylic oxidation sites excluding steroid dienone is 1. The summed E-state index contributed by atoms with van der Waals surface area (Å²) in [5.41, 5.74) is 3.53. The fourth-order valence-corrected chi connectivity index (χ4v) is 3.62. The minimum absolute atomic E-state index is 0.165. The van der Waals surface area contributed by atoms with E-state index in [4.69, 9.17) is 11.6 Å². The Morgan fingerprint density at radius 1 is 0.935 bits per heavy atom. The van der Waals surface area contributed by atoms with Crippen molar-refractivity contribution in [1.82, 2.24) is 14.8 Å². The molecular weight excluding hydrogens is 410 g/mol. The number of carbonyl (C=O) groups excluding carboxylic acids is 1. The number of hydrogen-bond acceptors (Lipinski definition) is 4. The third kappa shape index (κ3) is 3.93. The van der Waals surface area contributed by atoms with Crippen molar-refractivity contribution < 1.29 is 4.79 Å². The van der Waals surface area contributed by atoms with Gasteiger partial charge in [0.05, 0.1) is 0 Å². The molecule has 2 N–H and O–H groups in total. The fraction of sp³-hybridized carbons (Fsp3) is 0.0417. The minimum Gasteiger partial charge on any atom is -0.324 e. The number of hydrogen-bond donors (Lipinski definition) is 2. The van der Waals surface area contributed by atoms with Gasteiger partial charge in [0.2, 0.25) is 5.95 Å². The summed E-state index contributed by atoms with van der Waals surface area (Å²) < 4.78 is 1.78. The largest absolute Gasteiger partial charge is 0.324 e. The van der Waals surface area contributed by atoms with Crippen LogP contribution >= 0.6 is 11.6 Å². The number of amides is 1. The molecule has 0 fully saturated rings. The highest BCUT2D eigenvalue weighted by Crippen LogP contribution is 2.33. The van der Waals surface area contributed by atoms with Crippen LogP contribution < -0.4 is 10.6 Å². The molecule has 0 spiro atoms. The van der Waals surface area contributed by atoms with Gasteiger partial charge in [0.15, 0.2) is 0 Å². The van der Waals surface area contributed by atoms with Crippen molar-refractivity contribution in [2.75, 3.05) is 10.6 Å². The van der Waals surface area contributed by atoms with Crippen LogP contribution in [0.5, 0.6) is 0 Å². The predicted molar refractivity (Wildman–Crippen MR) is 122 cm³/mol. The Bertz CT molecular complexity index is 1250. The van der Waals surface area contributed by atoms with Gasteiger partial charge in [-0.3, -0.25) is 10.1 Å². The molecule has 1 aromatic heterocycles. The van der Waals surface area contributed by atoms with Crippen molar-refractivity contribution in [2.24, 2.45) is 0 Å². The molecule has 1 atom stereocenters. The van der Waals surface area contributed by atoms with Crippen molar-refractivity contribution in [1.29, 1.82) is 0 Å². The zero-order valence-electron chi connectivity index (χ0n) is 16.4. The smallest absolute Gasteiger partial charge is 0.258 e. The van der Waals surface area contributed by atoms with E-state index in [9.17, 15) is 4.79 Å². The number of carbonyl (C=O) groups is 1. The van der Waals surface area contributed by atoms with E-state index in [1.807, 2.05) is 60.7 Å². The molecule has 4 aromatic rings. The lowest BCUT2D eigenvalue weighted by Gasteiger charge is -2.24. The Kier molecular flexibility index (Phi) is 4.98. The van der Waals surface area contributed by atoms with Gasteiger partial charge in [-0.2, -0.15) is 4.98 Å². The van der Waals surface area contributed by atoms with Gasteiger partial charge in [0.25, 0.3) is 11.9 Å². The fourth-order valence-electron chi connectivity index (χ4n) is 3.49. The van der Waals surface area contributed by atoms with Crippen LogP contribution in [0.4, 0.5) is 11.9 Å². The summed E-state index contributed by atoms with van der Waals surface area (Å²) in [6, 6.07) is 26.6. The Morgan fingerprint density at radius 3 is 2.32 bits per heavy atom. The van der Waals surface area contributed by atoms with Crippen LogP contribution in [0.25, 0.3) is 5.70 Å². The number of fused-ring (bicyclic) bond motifs is 1. The molecule has 2 heterocycles. The number of halogens is 1. The van der Waals surface area contributed by atoms with E-state index in [1.54, 1.807) is 28.9 Å². The lowest BCUT2D eigenvalue weighted by molar-refractivity contribution is 0.102. The van der Waals surface area contributed by atoms with Crippen LogP contribution in [0.1, 0.15) is 27.5 Å². The van der Waals surface area contributed by atoms with Crippen molar-refractivity contribution in [3.05, 3.63) is 113 Å². The number of nitrogens with zero attached hydrogens (tertiary/aromatic N) is 3. The van der Waals surface area contributed by atoms with E-state index in [0.29, 0.717) is 16.5 Å². The van der Waals surface area contributed by atoms with E-state index >= 15 is 0 Å². The summed E-state index contributed by atoms with van der Waals surface area (Å²) >= 11 is 5.91. The molecule has 3 aromatic carbocycles. The van der Waals surface area contributed by atoms with Crippen LogP contribution in [0.2, 0.25) is 5.02 Å². The minimum atomic E-state index is -0.299. The van der Waals surface area contributed by atoms with Gasteiger partial charge in [0.1, 0.15) is 6.04 Å². The molecule has 1 amide bonds. The molecule has 0 saturated heterocycles. The number of nitrogens with one attached hydrogen (secondary N) is 2. The topological polar surface area (TPSA) is 71.8 Å². The van der Waals surface area contributed by atoms with Crippen molar-refractivity contribution in [3.63, 3.8) is 0 Å². The molecule has 1 aliphatic rings. The standard InChI is InChI=1S/C24H18ClN5O/c25-19-13-11-18(12-14-19)22(31)27-23-28-24-26-20(16-7-3-1-4-8-16)15-21(30(24)29-23)17-9-5-2-6-10-17/h1-15,21H,(H2,26,27,28,29,31)/t21-/m0/s1. The van der Waals surface area contributed by atoms with E-state index < -0.39 is 0 Å². The summed E-state index contributed by atoms with van der Waals surface area (Å²) in [6.07, 6.45) is 2.11. The average Bonchev–Trinajstić information content (AvgIpc) is 3.22. The van der Waals surface area contributed by atoms with E-state index in [0.717, 1.165) is 16.8 Å².